The van der Waals surface area contributed by atoms with Crippen LogP contribution in [-0.2, 0) is 12.8 Å². The summed E-state index contributed by atoms with van der Waals surface area (Å²) in [4.78, 5) is 12.3. The van der Waals surface area contributed by atoms with Gasteiger partial charge < -0.3 is 15.6 Å². The molecule has 0 amide bonds. The summed E-state index contributed by atoms with van der Waals surface area (Å²) < 4.78 is 5.24. The molecule has 0 aliphatic heterocycles. The molecule has 1 heterocycles. The van der Waals surface area contributed by atoms with E-state index in [1.54, 1.807) is 7.11 Å². The van der Waals surface area contributed by atoms with Gasteiger partial charge >= 0.3 is 5.97 Å². The van der Waals surface area contributed by atoms with E-state index in [2.05, 4.69) is 0 Å². The van der Waals surface area contributed by atoms with Gasteiger partial charge in [-0.05, 0) is 41.7 Å². The first-order chi connectivity index (χ1) is 9.11. The zero-order valence-corrected chi connectivity index (χ0v) is 11.2. The molecule has 98 valence electrons. The molecule has 0 atom stereocenters. The van der Waals surface area contributed by atoms with Gasteiger partial charge in [-0.1, -0.05) is 6.07 Å². The lowest BCUT2D eigenvalue weighted by atomic mass is 9.89. The van der Waals surface area contributed by atoms with Crippen LogP contribution in [0, 0.1) is 0 Å². The van der Waals surface area contributed by atoms with Gasteiger partial charge in [0.25, 0.3) is 0 Å². The smallest absolute Gasteiger partial charge is 0.338 e. The van der Waals surface area contributed by atoms with Crippen molar-refractivity contribution >= 4 is 22.3 Å². The largest absolute Gasteiger partial charge is 0.497 e. The molecular formula is C14H13NO3S. The van der Waals surface area contributed by atoms with E-state index in [4.69, 9.17) is 10.5 Å². The Kier molecular flexibility index (Phi) is 2.71. The number of rotatable bonds is 2. The summed E-state index contributed by atoms with van der Waals surface area (Å²) >= 11 is 1.35. The molecule has 1 aliphatic carbocycles. The van der Waals surface area contributed by atoms with E-state index in [0.717, 1.165) is 34.6 Å². The predicted octanol–water partition coefficient (Wildman–Crippen LogP) is 2.80. The van der Waals surface area contributed by atoms with Crippen molar-refractivity contribution in [3.8, 4) is 16.2 Å². The minimum atomic E-state index is -0.943. The first-order valence-electron chi connectivity index (χ1n) is 5.93. The minimum absolute atomic E-state index is 0.272. The zero-order chi connectivity index (χ0) is 13.6. The van der Waals surface area contributed by atoms with Crippen LogP contribution in [0.5, 0.6) is 5.75 Å². The van der Waals surface area contributed by atoms with Crippen molar-refractivity contribution in [1.82, 2.24) is 0 Å². The number of hydrogen-bond donors (Lipinski definition) is 2. The zero-order valence-electron chi connectivity index (χ0n) is 10.4. The van der Waals surface area contributed by atoms with E-state index < -0.39 is 5.97 Å². The van der Waals surface area contributed by atoms with Crippen molar-refractivity contribution in [2.75, 3.05) is 12.8 Å². The van der Waals surface area contributed by atoms with Gasteiger partial charge in [-0.15, -0.1) is 11.3 Å². The van der Waals surface area contributed by atoms with E-state index in [1.807, 2.05) is 18.2 Å². The standard InChI is InChI=1S/C14H13NO3S/c1-18-8-4-2-7-3-5-9-11(14(16)17)13(15)19-12(9)10(7)6-8/h2,4,6H,3,5,15H2,1H3,(H,16,17). The van der Waals surface area contributed by atoms with E-state index in [9.17, 15) is 9.90 Å². The number of thiophene rings is 1. The molecule has 0 bridgehead atoms. The van der Waals surface area contributed by atoms with Crippen LogP contribution in [0.25, 0.3) is 10.4 Å². The number of ether oxygens (including phenoxy) is 1. The molecular weight excluding hydrogens is 262 g/mol. The monoisotopic (exact) mass is 275 g/mol. The minimum Gasteiger partial charge on any atom is -0.497 e. The van der Waals surface area contributed by atoms with Crippen LogP contribution in [0.4, 0.5) is 5.00 Å². The highest BCUT2D eigenvalue weighted by molar-refractivity contribution is 7.20. The molecule has 4 nitrogen and oxygen atoms in total. The van der Waals surface area contributed by atoms with Crippen LogP contribution < -0.4 is 10.5 Å². The molecule has 1 aromatic heterocycles. The highest BCUT2D eigenvalue weighted by atomic mass is 32.1. The molecule has 0 saturated carbocycles. The third kappa shape index (κ3) is 1.77. The van der Waals surface area contributed by atoms with Crippen molar-refractivity contribution in [2.45, 2.75) is 12.8 Å². The molecule has 3 N–H and O–H groups in total. The Morgan fingerprint density at radius 1 is 1.42 bits per heavy atom. The Bertz CT molecular complexity index is 676. The number of anilines is 1. The lowest BCUT2D eigenvalue weighted by molar-refractivity contribution is 0.0697. The fraction of sp³-hybridized carbons (Fsp3) is 0.214. The fourth-order valence-electron chi connectivity index (χ4n) is 2.55. The van der Waals surface area contributed by atoms with Crippen LogP contribution >= 0.6 is 11.3 Å². The highest BCUT2D eigenvalue weighted by Gasteiger charge is 2.27. The summed E-state index contributed by atoms with van der Waals surface area (Å²) in [7, 11) is 1.62. The molecule has 0 saturated heterocycles. The second kappa shape index (κ2) is 4.28. The lowest BCUT2D eigenvalue weighted by Crippen LogP contribution is -2.08. The maximum Gasteiger partial charge on any atom is 0.338 e. The van der Waals surface area contributed by atoms with Gasteiger partial charge in [-0.3, -0.25) is 0 Å². The number of aryl methyl sites for hydroxylation is 1. The van der Waals surface area contributed by atoms with Gasteiger partial charge in [-0.2, -0.15) is 0 Å². The molecule has 0 radical (unpaired) electrons. The molecule has 19 heavy (non-hydrogen) atoms. The van der Waals surface area contributed by atoms with E-state index in [0.29, 0.717) is 5.00 Å². The quantitative estimate of drug-likeness (QED) is 0.884. The average Bonchev–Trinajstić information content (AvgIpc) is 2.74. The molecule has 0 spiro atoms. The molecule has 0 fully saturated rings. The van der Waals surface area contributed by atoms with Crippen molar-refractivity contribution in [2.24, 2.45) is 0 Å². The predicted molar refractivity (Wildman–Crippen MR) is 75.1 cm³/mol. The molecule has 2 aromatic rings. The summed E-state index contributed by atoms with van der Waals surface area (Å²) in [6.45, 7) is 0. The first kappa shape index (κ1) is 12.0. The summed E-state index contributed by atoms with van der Waals surface area (Å²) in [5, 5.41) is 9.64. The van der Waals surface area contributed by atoms with Gasteiger partial charge in [0, 0.05) is 4.88 Å². The Labute approximate surface area is 114 Å². The Morgan fingerprint density at radius 3 is 2.89 bits per heavy atom. The summed E-state index contributed by atoms with van der Waals surface area (Å²) in [5.74, 6) is -0.170. The fourth-order valence-corrected chi connectivity index (χ4v) is 3.71. The van der Waals surface area contributed by atoms with Crippen molar-refractivity contribution < 1.29 is 14.6 Å². The lowest BCUT2D eigenvalue weighted by Gasteiger charge is -2.17. The molecule has 1 aliphatic rings. The average molecular weight is 275 g/mol. The molecule has 1 aromatic carbocycles. The second-order valence-corrected chi connectivity index (χ2v) is 5.53. The van der Waals surface area contributed by atoms with Gasteiger partial charge in [0.15, 0.2) is 0 Å². The number of methoxy groups -OCH3 is 1. The number of carbonyl (C=O) groups is 1. The Balaban J connectivity index is 2.24. The third-order valence-corrected chi connectivity index (χ3v) is 4.55. The Hall–Kier alpha value is -2.01. The van der Waals surface area contributed by atoms with Crippen LogP contribution in [0.15, 0.2) is 18.2 Å². The third-order valence-electron chi connectivity index (χ3n) is 3.45. The SMILES string of the molecule is COc1ccc2c(c1)-c1sc(N)c(C(=O)O)c1CC2. The van der Waals surface area contributed by atoms with E-state index in [-0.39, 0.29) is 5.56 Å². The molecule has 5 heteroatoms. The normalized spacial score (nSPS) is 12.7. The van der Waals surface area contributed by atoms with E-state index in [1.165, 1.54) is 16.9 Å². The number of nitrogens with two attached hydrogens (primary N) is 1. The van der Waals surface area contributed by atoms with Gasteiger partial charge in [0.2, 0.25) is 0 Å². The summed E-state index contributed by atoms with van der Waals surface area (Å²) in [6, 6.07) is 5.92. The van der Waals surface area contributed by atoms with Crippen LogP contribution in [0.1, 0.15) is 21.5 Å². The van der Waals surface area contributed by atoms with Crippen molar-refractivity contribution in [3.63, 3.8) is 0 Å². The number of carboxylic acids is 1. The topological polar surface area (TPSA) is 72.5 Å². The molecule has 3 rings (SSSR count). The number of benzene rings is 1. The maximum atomic E-state index is 11.3. The van der Waals surface area contributed by atoms with Crippen molar-refractivity contribution in [3.05, 3.63) is 34.9 Å². The summed E-state index contributed by atoms with van der Waals surface area (Å²) in [5.41, 5.74) is 9.25. The van der Waals surface area contributed by atoms with Crippen molar-refractivity contribution in [1.29, 1.82) is 0 Å². The number of nitrogen functional groups attached to an aromatic ring is 1. The number of carboxylic acid groups (broad SMARTS) is 1. The number of fused-ring (bicyclic) bond motifs is 3. The van der Waals surface area contributed by atoms with E-state index >= 15 is 0 Å². The first-order valence-corrected chi connectivity index (χ1v) is 6.75. The number of hydrogen-bond acceptors (Lipinski definition) is 4. The summed E-state index contributed by atoms with van der Waals surface area (Å²) in [6.07, 6.45) is 1.56. The van der Waals surface area contributed by atoms with Crippen LogP contribution in [-0.4, -0.2) is 18.2 Å². The van der Waals surface area contributed by atoms with Crippen LogP contribution in [0.2, 0.25) is 0 Å². The maximum absolute atomic E-state index is 11.3. The van der Waals surface area contributed by atoms with Crippen LogP contribution in [0.3, 0.4) is 0 Å². The number of aromatic carboxylic acids is 1. The second-order valence-electron chi connectivity index (χ2n) is 4.48. The molecule has 0 unspecified atom stereocenters. The Morgan fingerprint density at radius 2 is 2.21 bits per heavy atom. The highest BCUT2D eigenvalue weighted by Crippen LogP contribution is 2.44. The van der Waals surface area contributed by atoms with Gasteiger partial charge in [-0.25, -0.2) is 4.79 Å². The van der Waals surface area contributed by atoms with Gasteiger partial charge in [0.1, 0.15) is 10.8 Å². The van der Waals surface area contributed by atoms with Gasteiger partial charge in [0.05, 0.1) is 12.7 Å².